The van der Waals surface area contributed by atoms with Gasteiger partial charge < -0.3 is 5.32 Å². The van der Waals surface area contributed by atoms with Gasteiger partial charge in [0.2, 0.25) is 0 Å². The third-order valence-electron chi connectivity index (χ3n) is 2.71. The Balaban J connectivity index is 2.24. The molecule has 21 heavy (non-hydrogen) atoms. The van der Waals surface area contributed by atoms with Gasteiger partial charge in [0.05, 0.1) is 5.56 Å². The summed E-state index contributed by atoms with van der Waals surface area (Å²) in [4.78, 5) is 15.8. The van der Waals surface area contributed by atoms with E-state index in [2.05, 4.69) is 10.3 Å². The van der Waals surface area contributed by atoms with Crippen LogP contribution in [0.1, 0.15) is 29.4 Å². The van der Waals surface area contributed by atoms with E-state index >= 15 is 0 Å². The highest BCUT2D eigenvalue weighted by atomic mass is 32.1. The summed E-state index contributed by atoms with van der Waals surface area (Å²) in [6, 6.07) is 4.91. The molecule has 0 unspecified atom stereocenters. The number of alkyl halides is 3. The minimum Gasteiger partial charge on any atom is -0.351 e. The fraction of sp³-hybridized carbons (Fsp3) is 0.286. The number of nitrogens with zero attached hydrogens (tertiary/aromatic N) is 1. The van der Waals surface area contributed by atoms with Gasteiger partial charge in [0, 0.05) is 17.5 Å². The van der Waals surface area contributed by atoms with Crippen molar-refractivity contribution in [1.29, 1.82) is 0 Å². The molecule has 0 aliphatic rings. The molecule has 0 spiro atoms. The zero-order valence-corrected chi connectivity index (χ0v) is 12.0. The van der Waals surface area contributed by atoms with E-state index in [0.717, 1.165) is 29.9 Å². The molecule has 1 aromatic carbocycles. The second-order valence-corrected chi connectivity index (χ2v) is 5.23. The van der Waals surface area contributed by atoms with Gasteiger partial charge in [0.25, 0.3) is 5.91 Å². The summed E-state index contributed by atoms with van der Waals surface area (Å²) in [6.07, 6.45) is -3.59. The quantitative estimate of drug-likeness (QED) is 0.928. The molecule has 7 heteroatoms. The number of carbonyl (C=O) groups is 1. The van der Waals surface area contributed by atoms with Crippen molar-refractivity contribution in [3.05, 3.63) is 40.9 Å². The first-order chi connectivity index (χ1) is 9.91. The first-order valence-electron chi connectivity index (χ1n) is 6.33. The number of halogens is 3. The molecule has 0 saturated carbocycles. The number of benzene rings is 1. The molecule has 0 aliphatic carbocycles. The van der Waals surface area contributed by atoms with Gasteiger partial charge in [-0.05, 0) is 18.6 Å². The number of hydrogen-bond donors (Lipinski definition) is 1. The van der Waals surface area contributed by atoms with Gasteiger partial charge in [-0.2, -0.15) is 13.2 Å². The lowest BCUT2D eigenvalue weighted by molar-refractivity contribution is -0.137. The Labute approximate surface area is 123 Å². The highest BCUT2D eigenvalue weighted by Gasteiger charge is 2.30. The van der Waals surface area contributed by atoms with Crippen LogP contribution in [-0.2, 0) is 6.18 Å². The van der Waals surface area contributed by atoms with Crippen molar-refractivity contribution in [2.24, 2.45) is 0 Å². The lowest BCUT2D eigenvalue weighted by Gasteiger charge is -2.07. The number of carbonyl (C=O) groups excluding carboxylic acids is 1. The van der Waals surface area contributed by atoms with E-state index in [1.54, 1.807) is 11.4 Å². The topological polar surface area (TPSA) is 42.0 Å². The molecule has 0 radical (unpaired) electrons. The molecular weight excluding hydrogens is 301 g/mol. The van der Waals surface area contributed by atoms with E-state index in [1.807, 2.05) is 6.92 Å². The van der Waals surface area contributed by atoms with Crippen molar-refractivity contribution in [1.82, 2.24) is 10.3 Å². The zero-order chi connectivity index (χ0) is 15.5. The monoisotopic (exact) mass is 314 g/mol. The average molecular weight is 314 g/mol. The molecule has 2 rings (SSSR count). The van der Waals surface area contributed by atoms with Crippen LogP contribution in [0, 0.1) is 0 Å². The molecule has 1 aromatic heterocycles. The van der Waals surface area contributed by atoms with Crippen LogP contribution < -0.4 is 5.32 Å². The molecule has 0 fully saturated rings. The lowest BCUT2D eigenvalue weighted by atomic mass is 10.1. The molecule has 1 heterocycles. The molecule has 0 aliphatic heterocycles. The molecule has 0 atom stereocenters. The number of hydrogen-bond acceptors (Lipinski definition) is 3. The maximum atomic E-state index is 12.7. The van der Waals surface area contributed by atoms with Gasteiger partial charge >= 0.3 is 6.18 Å². The van der Waals surface area contributed by atoms with Crippen molar-refractivity contribution >= 4 is 17.2 Å². The predicted octanol–water partition coefficient (Wildman–Crippen LogP) is 3.97. The standard InChI is InChI=1S/C14H13F3N2OS/c1-2-6-18-12(20)11-8-21-13(19-11)9-4-3-5-10(7-9)14(15,16)17/h3-5,7-8H,2,6H2,1H3,(H,18,20). The van der Waals surface area contributed by atoms with Crippen molar-refractivity contribution in [3.8, 4) is 10.6 Å². The number of thiazole rings is 1. The minimum absolute atomic E-state index is 0.223. The SMILES string of the molecule is CCCNC(=O)c1csc(-c2cccc(C(F)(F)F)c2)n1. The first kappa shape index (κ1) is 15.5. The van der Waals surface area contributed by atoms with Crippen molar-refractivity contribution in [2.45, 2.75) is 19.5 Å². The highest BCUT2D eigenvalue weighted by molar-refractivity contribution is 7.13. The average Bonchev–Trinajstić information content (AvgIpc) is 2.94. The normalized spacial score (nSPS) is 11.4. The van der Waals surface area contributed by atoms with Crippen LogP contribution in [0.25, 0.3) is 10.6 Å². The van der Waals surface area contributed by atoms with E-state index in [4.69, 9.17) is 0 Å². The van der Waals surface area contributed by atoms with Crippen molar-refractivity contribution in [2.75, 3.05) is 6.54 Å². The van der Waals surface area contributed by atoms with Gasteiger partial charge in [0.15, 0.2) is 0 Å². The minimum atomic E-state index is -4.39. The molecule has 0 bridgehead atoms. The molecule has 112 valence electrons. The summed E-state index contributed by atoms with van der Waals surface area (Å²) in [7, 11) is 0. The van der Waals surface area contributed by atoms with Crippen molar-refractivity contribution in [3.63, 3.8) is 0 Å². The van der Waals surface area contributed by atoms with Gasteiger partial charge in [-0.3, -0.25) is 4.79 Å². The lowest BCUT2D eigenvalue weighted by Crippen LogP contribution is -2.24. The van der Waals surface area contributed by atoms with E-state index in [0.29, 0.717) is 17.1 Å². The molecule has 1 amide bonds. The molecule has 3 nitrogen and oxygen atoms in total. The Morgan fingerprint density at radius 2 is 2.14 bits per heavy atom. The van der Waals surface area contributed by atoms with E-state index in [9.17, 15) is 18.0 Å². The van der Waals surface area contributed by atoms with Gasteiger partial charge in [0.1, 0.15) is 10.7 Å². The van der Waals surface area contributed by atoms with Gasteiger partial charge in [-0.15, -0.1) is 11.3 Å². The maximum Gasteiger partial charge on any atom is 0.416 e. The predicted molar refractivity (Wildman–Crippen MR) is 75.2 cm³/mol. The van der Waals surface area contributed by atoms with Crippen molar-refractivity contribution < 1.29 is 18.0 Å². The van der Waals surface area contributed by atoms with Crippen LogP contribution in [0.2, 0.25) is 0 Å². The first-order valence-corrected chi connectivity index (χ1v) is 7.21. The molecule has 1 N–H and O–H groups in total. The Morgan fingerprint density at radius 1 is 1.38 bits per heavy atom. The van der Waals surface area contributed by atoms with E-state index in [1.165, 1.54) is 6.07 Å². The molecule has 0 saturated heterocycles. The van der Waals surface area contributed by atoms with Crippen LogP contribution in [0.3, 0.4) is 0 Å². The Kier molecular flexibility index (Phi) is 4.62. The summed E-state index contributed by atoms with van der Waals surface area (Å²) >= 11 is 1.14. The Bertz CT molecular complexity index is 637. The largest absolute Gasteiger partial charge is 0.416 e. The molecule has 2 aromatic rings. The van der Waals surface area contributed by atoms with Crippen LogP contribution >= 0.6 is 11.3 Å². The fourth-order valence-electron chi connectivity index (χ4n) is 1.67. The summed E-state index contributed by atoms with van der Waals surface area (Å²) < 4.78 is 38.0. The van der Waals surface area contributed by atoms with Crippen LogP contribution in [0.5, 0.6) is 0 Å². The summed E-state index contributed by atoms with van der Waals surface area (Å²) in [5.41, 5.74) is -0.155. The smallest absolute Gasteiger partial charge is 0.351 e. The number of amides is 1. The number of nitrogens with one attached hydrogen (secondary N) is 1. The van der Waals surface area contributed by atoms with E-state index in [-0.39, 0.29) is 11.6 Å². The summed E-state index contributed by atoms with van der Waals surface area (Å²) in [6.45, 7) is 2.46. The van der Waals surface area contributed by atoms with Crippen LogP contribution in [0.15, 0.2) is 29.6 Å². The summed E-state index contributed by atoms with van der Waals surface area (Å²) in [5.74, 6) is -0.314. The van der Waals surface area contributed by atoms with Gasteiger partial charge in [-0.1, -0.05) is 19.1 Å². The Morgan fingerprint density at radius 3 is 2.81 bits per heavy atom. The fourth-order valence-corrected chi connectivity index (χ4v) is 2.47. The Hall–Kier alpha value is -1.89. The number of rotatable bonds is 4. The second-order valence-electron chi connectivity index (χ2n) is 4.37. The number of aromatic nitrogens is 1. The van der Waals surface area contributed by atoms with Crippen LogP contribution in [-0.4, -0.2) is 17.4 Å². The second kappa shape index (κ2) is 6.26. The van der Waals surface area contributed by atoms with E-state index < -0.39 is 11.7 Å². The van der Waals surface area contributed by atoms with Gasteiger partial charge in [-0.25, -0.2) is 4.98 Å². The highest BCUT2D eigenvalue weighted by Crippen LogP contribution is 2.33. The molecular formula is C14H13F3N2OS. The van der Waals surface area contributed by atoms with Crippen LogP contribution in [0.4, 0.5) is 13.2 Å². The maximum absolute atomic E-state index is 12.7. The third-order valence-corrected chi connectivity index (χ3v) is 3.60. The third kappa shape index (κ3) is 3.81. The summed E-state index contributed by atoms with van der Waals surface area (Å²) in [5, 5.41) is 4.61. The zero-order valence-electron chi connectivity index (χ0n) is 11.2.